The minimum Gasteiger partial charge on any atom is -0.490 e. The predicted octanol–water partition coefficient (Wildman–Crippen LogP) is 3.27. The van der Waals surface area contributed by atoms with Crippen molar-refractivity contribution < 1.29 is 23.8 Å². The van der Waals surface area contributed by atoms with E-state index in [1.165, 1.54) is 20.1 Å². The van der Waals surface area contributed by atoms with E-state index < -0.39 is 11.9 Å². The second-order valence-electron chi connectivity index (χ2n) is 4.56. The van der Waals surface area contributed by atoms with Crippen LogP contribution < -0.4 is 0 Å². The fraction of sp³-hybridized carbons (Fsp3) is 0.500. The lowest BCUT2D eigenvalue weighted by atomic mass is 10.1. The van der Waals surface area contributed by atoms with Crippen LogP contribution in [-0.4, -0.2) is 25.7 Å². The van der Waals surface area contributed by atoms with Gasteiger partial charge in [-0.2, -0.15) is 0 Å². The molecular weight excluding hydrogens is 272 g/mol. The fourth-order valence-electron chi connectivity index (χ4n) is 1.50. The molecule has 0 saturated carbocycles. The van der Waals surface area contributed by atoms with Crippen molar-refractivity contribution in [1.29, 1.82) is 0 Å². The van der Waals surface area contributed by atoms with Gasteiger partial charge in [-0.25, -0.2) is 4.79 Å². The van der Waals surface area contributed by atoms with Crippen LogP contribution in [0.4, 0.5) is 0 Å². The van der Waals surface area contributed by atoms with E-state index in [2.05, 4.69) is 11.3 Å². The Morgan fingerprint density at radius 1 is 1.14 bits per heavy atom. The van der Waals surface area contributed by atoms with Gasteiger partial charge in [0.2, 0.25) is 0 Å². The summed E-state index contributed by atoms with van der Waals surface area (Å²) in [6.45, 7) is 10.9. The number of methoxy groups -OCH3 is 1. The van der Waals surface area contributed by atoms with Gasteiger partial charge in [-0.15, -0.1) is 0 Å². The molecule has 118 valence electrons. The third-order valence-electron chi connectivity index (χ3n) is 2.50. The van der Waals surface area contributed by atoms with Gasteiger partial charge in [0, 0.05) is 6.92 Å². The Morgan fingerprint density at radius 3 is 2.14 bits per heavy atom. The molecule has 0 aromatic rings. The molecule has 0 radical (unpaired) electrons. The van der Waals surface area contributed by atoms with Gasteiger partial charge in [0.25, 0.3) is 0 Å². The molecule has 0 saturated heterocycles. The van der Waals surface area contributed by atoms with Crippen LogP contribution in [0, 0.1) is 0 Å². The largest absolute Gasteiger partial charge is 0.490 e. The van der Waals surface area contributed by atoms with Crippen LogP contribution in [0.2, 0.25) is 0 Å². The normalized spacial score (nSPS) is 11.1. The Bertz CT molecular complexity index is 453. The highest BCUT2D eigenvalue weighted by molar-refractivity contribution is 5.93. The number of hydrogen-bond donors (Lipinski definition) is 0. The average molecular weight is 296 g/mol. The van der Waals surface area contributed by atoms with Crippen LogP contribution >= 0.6 is 0 Å². The van der Waals surface area contributed by atoms with E-state index in [1.807, 2.05) is 20.8 Å². The molecule has 0 rings (SSSR count). The quantitative estimate of drug-likeness (QED) is 0.226. The Kier molecular flexibility index (Phi) is 8.85. The zero-order valence-electron chi connectivity index (χ0n) is 13.4. The molecule has 0 N–H and O–H groups in total. The van der Waals surface area contributed by atoms with Gasteiger partial charge in [0.05, 0.1) is 13.7 Å². The van der Waals surface area contributed by atoms with Crippen LogP contribution in [0.3, 0.4) is 0 Å². The number of hydrogen-bond acceptors (Lipinski definition) is 5. The minimum atomic E-state index is -0.640. The van der Waals surface area contributed by atoms with Gasteiger partial charge < -0.3 is 14.2 Å². The molecule has 0 bridgehead atoms. The van der Waals surface area contributed by atoms with Crippen LogP contribution in [0.15, 0.2) is 35.3 Å². The van der Waals surface area contributed by atoms with Gasteiger partial charge in [-0.05, 0) is 25.8 Å². The smallest absolute Gasteiger partial charge is 0.341 e. The monoisotopic (exact) mass is 296 g/mol. The molecule has 0 unspecified atom stereocenters. The Morgan fingerprint density at radius 2 is 1.76 bits per heavy atom. The molecular formula is C16H24O5. The first kappa shape index (κ1) is 19.0. The summed E-state index contributed by atoms with van der Waals surface area (Å²) in [5, 5.41) is 0. The van der Waals surface area contributed by atoms with E-state index in [4.69, 9.17) is 9.47 Å². The standard InChI is InChI=1S/C16H24O5/c1-7-9-10-20-14(11(3)4)15(21-12(5)17)13(8-2)16(18)19-6/h8H,2,7,9-10H2,1,3-6H3/b15-13-. The molecule has 5 nitrogen and oxygen atoms in total. The van der Waals surface area contributed by atoms with Gasteiger partial charge in [-0.1, -0.05) is 26.0 Å². The number of carbonyl (C=O) groups excluding carboxylic acids is 2. The molecule has 0 atom stereocenters. The third-order valence-corrected chi connectivity index (χ3v) is 2.50. The molecule has 0 heterocycles. The summed E-state index contributed by atoms with van der Waals surface area (Å²) >= 11 is 0. The highest BCUT2D eigenvalue weighted by Gasteiger charge is 2.22. The summed E-state index contributed by atoms with van der Waals surface area (Å²) in [6, 6.07) is 0. The van der Waals surface area contributed by atoms with Gasteiger partial charge in [0.15, 0.2) is 11.5 Å². The summed E-state index contributed by atoms with van der Waals surface area (Å²) in [4.78, 5) is 23.1. The average Bonchev–Trinajstić information content (AvgIpc) is 2.42. The van der Waals surface area contributed by atoms with Crippen molar-refractivity contribution in [3.8, 4) is 0 Å². The minimum absolute atomic E-state index is 0.0421. The zero-order valence-corrected chi connectivity index (χ0v) is 13.4. The number of carbonyl (C=O) groups is 2. The molecule has 0 fully saturated rings. The molecule has 0 aliphatic heterocycles. The number of esters is 2. The summed E-state index contributed by atoms with van der Waals surface area (Å²) in [5.74, 6) is -0.787. The van der Waals surface area contributed by atoms with Crippen molar-refractivity contribution in [2.24, 2.45) is 0 Å². The topological polar surface area (TPSA) is 61.8 Å². The van der Waals surface area contributed by atoms with Crippen molar-refractivity contribution in [2.45, 2.75) is 40.5 Å². The molecule has 21 heavy (non-hydrogen) atoms. The van der Waals surface area contributed by atoms with Gasteiger partial charge in [-0.3, -0.25) is 4.79 Å². The molecule has 0 aromatic carbocycles. The van der Waals surface area contributed by atoms with Gasteiger partial charge in [0.1, 0.15) is 5.57 Å². The lowest BCUT2D eigenvalue weighted by Crippen LogP contribution is -2.14. The Labute approximate surface area is 126 Å². The highest BCUT2D eigenvalue weighted by Crippen LogP contribution is 2.23. The molecule has 0 spiro atoms. The van der Waals surface area contributed by atoms with E-state index >= 15 is 0 Å². The second kappa shape index (κ2) is 9.80. The third kappa shape index (κ3) is 6.29. The maximum atomic E-state index is 11.8. The van der Waals surface area contributed by atoms with Crippen molar-refractivity contribution in [1.82, 2.24) is 0 Å². The summed E-state index contributed by atoms with van der Waals surface area (Å²) in [6.07, 6.45) is 3.11. The van der Waals surface area contributed by atoms with Crippen molar-refractivity contribution in [3.05, 3.63) is 35.3 Å². The lowest BCUT2D eigenvalue weighted by Gasteiger charge is -2.17. The zero-order chi connectivity index (χ0) is 16.4. The highest BCUT2D eigenvalue weighted by atomic mass is 16.6. The molecule has 5 heteroatoms. The molecule has 0 amide bonds. The number of ether oxygens (including phenoxy) is 3. The van der Waals surface area contributed by atoms with E-state index in [9.17, 15) is 9.59 Å². The van der Waals surface area contributed by atoms with Crippen LogP contribution in [-0.2, 0) is 23.8 Å². The molecule has 0 aromatic heterocycles. The first-order chi connectivity index (χ1) is 9.88. The van der Waals surface area contributed by atoms with E-state index in [0.717, 1.165) is 18.4 Å². The first-order valence-corrected chi connectivity index (χ1v) is 6.83. The summed E-state index contributed by atoms with van der Waals surface area (Å²) < 4.78 is 15.5. The molecule has 0 aliphatic rings. The van der Waals surface area contributed by atoms with Gasteiger partial charge >= 0.3 is 11.9 Å². The second-order valence-corrected chi connectivity index (χ2v) is 4.56. The maximum Gasteiger partial charge on any atom is 0.341 e. The van der Waals surface area contributed by atoms with E-state index in [-0.39, 0.29) is 11.3 Å². The maximum absolute atomic E-state index is 11.8. The van der Waals surface area contributed by atoms with Crippen molar-refractivity contribution in [2.75, 3.05) is 13.7 Å². The van der Waals surface area contributed by atoms with E-state index in [0.29, 0.717) is 12.4 Å². The van der Waals surface area contributed by atoms with Crippen molar-refractivity contribution in [3.63, 3.8) is 0 Å². The van der Waals surface area contributed by atoms with Crippen LogP contribution in [0.1, 0.15) is 40.5 Å². The number of unbranched alkanes of at least 4 members (excludes halogenated alkanes) is 1. The summed E-state index contributed by atoms with van der Waals surface area (Å²) in [7, 11) is 1.25. The van der Waals surface area contributed by atoms with Crippen molar-refractivity contribution >= 4 is 11.9 Å². The van der Waals surface area contributed by atoms with Crippen LogP contribution in [0.5, 0.6) is 0 Å². The number of allylic oxidation sites excluding steroid dienone is 1. The Hall–Kier alpha value is -2.04. The predicted molar refractivity (Wildman–Crippen MR) is 80.2 cm³/mol. The van der Waals surface area contributed by atoms with E-state index in [1.54, 1.807) is 0 Å². The molecule has 0 aliphatic carbocycles. The fourth-order valence-corrected chi connectivity index (χ4v) is 1.50. The number of rotatable bonds is 8. The summed E-state index contributed by atoms with van der Waals surface area (Å²) in [5.41, 5.74) is 0.839. The lowest BCUT2D eigenvalue weighted by molar-refractivity contribution is -0.138. The van der Waals surface area contributed by atoms with Crippen LogP contribution in [0.25, 0.3) is 0 Å². The Balaban J connectivity index is 5.79. The first-order valence-electron chi connectivity index (χ1n) is 6.83. The SMILES string of the molecule is C=C/C(C(=O)OC)=C(/OC(C)=O)C(OCCCC)=C(C)C.